The Balaban J connectivity index is 1.82. The summed E-state index contributed by atoms with van der Waals surface area (Å²) in [5.74, 6) is -0.856. The van der Waals surface area contributed by atoms with Gasteiger partial charge in [-0.2, -0.15) is 5.26 Å². The molecule has 1 heterocycles. The van der Waals surface area contributed by atoms with Gasteiger partial charge in [-0.15, -0.1) is 0 Å². The highest BCUT2D eigenvalue weighted by Gasteiger charge is 2.45. The van der Waals surface area contributed by atoms with Crippen molar-refractivity contribution in [1.82, 2.24) is 10.2 Å². The number of nitriles is 1. The normalized spacial score (nSPS) is 27.7. The lowest BCUT2D eigenvalue weighted by Crippen LogP contribution is -2.42. The second-order valence-corrected chi connectivity index (χ2v) is 6.03. The fourth-order valence-corrected chi connectivity index (χ4v) is 2.44. The molecule has 1 atom stereocenters. The molecule has 1 aliphatic heterocycles. The lowest BCUT2D eigenvalue weighted by Gasteiger charge is -2.21. The zero-order chi connectivity index (χ0) is 14.1. The SMILES string of the molecule is CC1(C(=O)O)CCN(C(=O)NCC2(CC#N)CC2)C1. The highest BCUT2D eigenvalue weighted by atomic mass is 16.4. The van der Waals surface area contributed by atoms with Gasteiger partial charge in [-0.25, -0.2) is 4.79 Å². The quantitative estimate of drug-likeness (QED) is 0.798. The van der Waals surface area contributed by atoms with Crippen molar-refractivity contribution >= 4 is 12.0 Å². The number of carbonyl (C=O) groups is 2. The molecule has 104 valence electrons. The number of nitrogens with one attached hydrogen (secondary N) is 1. The summed E-state index contributed by atoms with van der Waals surface area (Å²) >= 11 is 0. The first-order chi connectivity index (χ1) is 8.91. The van der Waals surface area contributed by atoms with Crippen molar-refractivity contribution in [3.63, 3.8) is 0 Å². The fraction of sp³-hybridized carbons (Fsp3) is 0.769. The molecule has 0 radical (unpaired) electrons. The van der Waals surface area contributed by atoms with Crippen LogP contribution in [-0.4, -0.2) is 41.6 Å². The molecular formula is C13H19N3O3. The van der Waals surface area contributed by atoms with E-state index in [-0.39, 0.29) is 18.0 Å². The summed E-state index contributed by atoms with van der Waals surface area (Å²) in [5, 5.41) is 20.7. The van der Waals surface area contributed by atoms with Crippen LogP contribution in [0.2, 0.25) is 0 Å². The smallest absolute Gasteiger partial charge is 0.317 e. The Bertz CT molecular complexity index is 439. The third-order valence-electron chi connectivity index (χ3n) is 4.30. The second kappa shape index (κ2) is 4.72. The molecule has 0 spiro atoms. The number of hydrogen-bond donors (Lipinski definition) is 2. The number of likely N-dealkylation sites (tertiary alicyclic amines) is 1. The van der Waals surface area contributed by atoms with Gasteiger partial charge in [0.25, 0.3) is 0 Å². The molecule has 1 aliphatic carbocycles. The number of aliphatic carboxylic acids is 1. The number of amides is 2. The van der Waals surface area contributed by atoms with Crippen LogP contribution in [-0.2, 0) is 4.79 Å². The molecule has 1 unspecified atom stereocenters. The minimum absolute atomic E-state index is 0.0275. The highest BCUT2D eigenvalue weighted by molar-refractivity contribution is 5.79. The Kier molecular flexibility index (Phi) is 3.40. The largest absolute Gasteiger partial charge is 0.481 e. The maximum absolute atomic E-state index is 12.0. The Morgan fingerprint density at radius 2 is 2.11 bits per heavy atom. The van der Waals surface area contributed by atoms with Crippen LogP contribution >= 0.6 is 0 Å². The van der Waals surface area contributed by atoms with Crippen LogP contribution in [0, 0.1) is 22.2 Å². The lowest BCUT2D eigenvalue weighted by atomic mass is 9.90. The number of carboxylic acid groups (broad SMARTS) is 1. The van der Waals surface area contributed by atoms with E-state index in [0.717, 1.165) is 12.8 Å². The number of carboxylic acids is 1. The van der Waals surface area contributed by atoms with Crippen LogP contribution in [0.3, 0.4) is 0 Å². The molecule has 1 saturated heterocycles. The minimum Gasteiger partial charge on any atom is -0.481 e. The maximum Gasteiger partial charge on any atom is 0.317 e. The van der Waals surface area contributed by atoms with E-state index < -0.39 is 11.4 Å². The van der Waals surface area contributed by atoms with E-state index in [2.05, 4.69) is 11.4 Å². The van der Waals surface area contributed by atoms with Crippen molar-refractivity contribution in [1.29, 1.82) is 5.26 Å². The van der Waals surface area contributed by atoms with Gasteiger partial charge in [0.1, 0.15) is 0 Å². The Morgan fingerprint density at radius 1 is 1.42 bits per heavy atom. The topological polar surface area (TPSA) is 93.4 Å². The van der Waals surface area contributed by atoms with Crippen LogP contribution in [0.15, 0.2) is 0 Å². The summed E-state index contributed by atoms with van der Waals surface area (Å²) in [4.78, 5) is 24.6. The van der Waals surface area contributed by atoms with E-state index in [1.165, 1.54) is 0 Å². The number of urea groups is 1. The van der Waals surface area contributed by atoms with Crippen molar-refractivity contribution < 1.29 is 14.7 Å². The number of carbonyl (C=O) groups excluding carboxylic acids is 1. The molecule has 2 aliphatic rings. The van der Waals surface area contributed by atoms with Gasteiger partial charge in [0.05, 0.1) is 11.5 Å². The zero-order valence-corrected chi connectivity index (χ0v) is 11.1. The van der Waals surface area contributed by atoms with Gasteiger partial charge in [0.15, 0.2) is 0 Å². The summed E-state index contributed by atoms with van der Waals surface area (Å²) in [7, 11) is 0. The van der Waals surface area contributed by atoms with Crippen LogP contribution < -0.4 is 5.32 Å². The van der Waals surface area contributed by atoms with Gasteiger partial charge in [-0.05, 0) is 26.2 Å². The second-order valence-electron chi connectivity index (χ2n) is 6.03. The van der Waals surface area contributed by atoms with Gasteiger partial charge in [-0.3, -0.25) is 4.79 Å². The minimum atomic E-state index is -0.856. The molecule has 0 aromatic heterocycles. The lowest BCUT2D eigenvalue weighted by molar-refractivity contribution is -0.147. The Hall–Kier alpha value is -1.77. The van der Waals surface area contributed by atoms with Crippen molar-refractivity contribution in [2.24, 2.45) is 10.8 Å². The average molecular weight is 265 g/mol. The summed E-state index contributed by atoms with van der Waals surface area (Å²) < 4.78 is 0. The van der Waals surface area contributed by atoms with Crippen molar-refractivity contribution in [2.75, 3.05) is 19.6 Å². The fourth-order valence-electron chi connectivity index (χ4n) is 2.44. The monoisotopic (exact) mass is 265 g/mol. The molecule has 6 heteroatoms. The first-order valence-electron chi connectivity index (χ1n) is 6.54. The van der Waals surface area contributed by atoms with E-state index in [0.29, 0.717) is 25.9 Å². The summed E-state index contributed by atoms with van der Waals surface area (Å²) in [6, 6.07) is 1.94. The van der Waals surface area contributed by atoms with E-state index in [9.17, 15) is 9.59 Å². The molecule has 2 fully saturated rings. The van der Waals surface area contributed by atoms with Crippen LogP contribution in [0.5, 0.6) is 0 Å². The van der Waals surface area contributed by atoms with Gasteiger partial charge < -0.3 is 15.3 Å². The van der Waals surface area contributed by atoms with Crippen LogP contribution in [0.25, 0.3) is 0 Å². The third-order valence-corrected chi connectivity index (χ3v) is 4.30. The molecule has 2 rings (SSSR count). The summed E-state index contributed by atoms with van der Waals surface area (Å²) in [6.07, 6.45) is 2.92. The predicted molar refractivity (Wildman–Crippen MR) is 67.2 cm³/mol. The van der Waals surface area contributed by atoms with Crippen molar-refractivity contribution in [3.05, 3.63) is 0 Å². The Morgan fingerprint density at radius 3 is 2.58 bits per heavy atom. The van der Waals surface area contributed by atoms with Crippen molar-refractivity contribution in [3.8, 4) is 6.07 Å². The maximum atomic E-state index is 12.0. The Labute approximate surface area is 112 Å². The number of rotatable bonds is 4. The molecule has 19 heavy (non-hydrogen) atoms. The van der Waals surface area contributed by atoms with Crippen molar-refractivity contribution in [2.45, 2.75) is 32.6 Å². The summed E-state index contributed by atoms with van der Waals surface area (Å²) in [6.45, 7) is 2.90. The van der Waals surface area contributed by atoms with Crippen LogP contribution in [0.4, 0.5) is 4.79 Å². The average Bonchev–Trinajstić information content (AvgIpc) is 3.00. The number of hydrogen-bond acceptors (Lipinski definition) is 3. The molecule has 2 amide bonds. The van der Waals surface area contributed by atoms with Gasteiger partial charge in [-0.1, -0.05) is 0 Å². The van der Waals surface area contributed by atoms with Gasteiger partial charge in [0.2, 0.25) is 0 Å². The standard InChI is InChI=1S/C13H19N3O3/c1-12(10(17)18)5-7-16(9-12)11(19)15-8-13(2-3-13)4-6-14/h2-5,7-9H2,1H3,(H,15,19)(H,17,18). The van der Waals surface area contributed by atoms with E-state index in [1.807, 2.05) is 0 Å². The van der Waals surface area contributed by atoms with E-state index in [1.54, 1.807) is 11.8 Å². The zero-order valence-electron chi connectivity index (χ0n) is 11.1. The summed E-state index contributed by atoms with van der Waals surface area (Å²) in [5.41, 5.74) is -0.860. The molecule has 0 aromatic rings. The first kappa shape index (κ1) is 13.7. The van der Waals surface area contributed by atoms with Crippen LogP contribution in [0.1, 0.15) is 32.6 Å². The molecule has 0 bridgehead atoms. The molecule has 0 aromatic carbocycles. The highest BCUT2D eigenvalue weighted by Crippen LogP contribution is 2.47. The predicted octanol–water partition coefficient (Wildman–Crippen LogP) is 1.19. The first-order valence-corrected chi connectivity index (χ1v) is 6.54. The van der Waals surface area contributed by atoms with Gasteiger partial charge >= 0.3 is 12.0 Å². The molecule has 6 nitrogen and oxygen atoms in total. The van der Waals surface area contributed by atoms with Gasteiger partial charge in [0, 0.05) is 31.5 Å². The number of nitrogens with zero attached hydrogens (tertiary/aromatic N) is 2. The third kappa shape index (κ3) is 2.80. The molecule has 1 saturated carbocycles. The molecule has 2 N–H and O–H groups in total. The molecular weight excluding hydrogens is 246 g/mol. The van der Waals surface area contributed by atoms with E-state index >= 15 is 0 Å². The van der Waals surface area contributed by atoms with E-state index in [4.69, 9.17) is 10.4 Å².